The molecule has 1 heterocycles. The lowest BCUT2D eigenvalue weighted by molar-refractivity contribution is 0.0601. The molecule has 0 aliphatic heterocycles. The normalized spacial score (nSPS) is 10.8. The number of benzene rings is 2. The molecule has 0 N–H and O–H groups in total. The maximum atomic E-state index is 11.5. The summed E-state index contributed by atoms with van der Waals surface area (Å²) in [5.41, 5.74) is 0.509. The number of halogens is 1. The van der Waals surface area contributed by atoms with Crippen molar-refractivity contribution in [2.75, 3.05) is 7.11 Å². The van der Waals surface area contributed by atoms with Crippen LogP contribution in [0.3, 0.4) is 0 Å². The molecule has 2 aromatic carbocycles. The zero-order valence-electron chi connectivity index (χ0n) is 10.2. The van der Waals surface area contributed by atoms with Crippen molar-refractivity contribution in [3.8, 4) is 0 Å². The number of nitrogens with zero attached hydrogens (tertiary/aromatic N) is 1. The van der Waals surface area contributed by atoms with Crippen LogP contribution in [0.2, 0.25) is 5.02 Å². The molecule has 0 unspecified atom stereocenters. The van der Waals surface area contributed by atoms with E-state index in [4.69, 9.17) is 16.3 Å². The fraction of sp³-hybridized carbons (Fsp3) is 0.0667. The zero-order valence-corrected chi connectivity index (χ0v) is 10.9. The topological polar surface area (TPSA) is 39.2 Å². The Hall–Kier alpha value is -2.13. The van der Waals surface area contributed by atoms with Gasteiger partial charge in [0.15, 0.2) is 0 Å². The van der Waals surface area contributed by atoms with Crippen molar-refractivity contribution in [2.24, 2.45) is 0 Å². The van der Waals surface area contributed by atoms with E-state index < -0.39 is 0 Å². The average Bonchev–Trinajstić information content (AvgIpc) is 2.46. The molecule has 0 amide bonds. The predicted octanol–water partition coefficient (Wildman–Crippen LogP) is 3.83. The van der Waals surface area contributed by atoms with Crippen LogP contribution < -0.4 is 0 Å². The Morgan fingerprint density at radius 2 is 2.00 bits per heavy atom. The van der Waals surface area contributed by atoms with Crippen LogP contribution in [0.4, 0.5) is 0 Å². The highest BCUT2D eigenvalue weighted by Gasteiger charge is 2.09. The number of aromatic nitrogens is 1. The van der Waals surface area contributed by atoms with E-state index in [9.17, 15) is 4.79 Å². The highest BCUT2D eigenvalue weighted by atomic mass is 35.5. The Balaban J connectivity index is 2.37. The molecule has 0 atom stereocenters. The summed E-state index contributed by atoms with van der Waals surface area (Å²) in [4.78, 5) is 15.7. The third-order valence-electron chi connectivity index (χ3n) is 3.12. The van der Waals surface area contributed by atoms with Crippen LogP contribution in [-0.4, -0.2) is 18.1 Å². The molecule has 0 fully saturated rings. The monoisotopic (exact) mass is 271 g/mol. The molecule has 0 aliphatic rings. The number of rotatable bonds is 1. The van der Waals surface area contributed by atoms with Gasteiger partial charge in [-0.15, -0.1) is 0 Å². The number of esters is 1. The molecule has 0 spiro atoms. The van der Waals surface area contributed by atoms with E-state index in [0.29, 0.717) is 10.6 Å². The third-order valence-corrected chi connectivity index (χ3v) is 3.44. The summed E-state index contributed by atoms with van der Waals surface area (Å²) < 4.78 is 4.72. The van der Waals surface area contributed by atoms with Crippen molar-refractivity contribution < 1.29 is 9.53 Å². The second kappa shape index (κ2) is 4.52. The van der Waals surface area contributed by atoms with E-state index in [1.54, 1.807) is 24.5 Å². The second-order valence-electron chi connectivity index (χ2n) is 4.21. The summed E-state index contributed by atoms with van der Waals surface area (Å²) in [6, 6.07) is 9.15. The van der Waals surface area contributed by atoms with Crippen molar-refractivity contribution in [1.29, 1.82) is 0 Å². The highest BCUT2D eigenvalue weighted by Crippen LogP contribution is 2.31. The summed E-state index contributed by atoms with van der Waals surface area (Å²) in [5.74, 6) is -0.357. The molecule has 0 saturated carbocycles. The fourth-order valence-electron chi connectivity index (χ4n) is 2.20. The first-order valence-electron chi connectivity index (χ1n) is 5.75. The van der Waals surface area contributed by atoms with Crippen molar-refractivity contribution in [3.05, 3.63) is 53.3 Å². The van der Waals surface area contributed by atoms with Crippen LogP contribution in [0.1, 0.15) is 10.4 Å². The third kappa shape index (κ3) is 1.92. The van der Waals surface area contributed by atoms with Gasteiger partial charge in [0, 0.05) is 28.2 Å². The SMILES string of the molecule is COC(=O)c1ccc2c(c1)cc(Cl)c1ccncc12. The van der Waals surface area contributed by atoms with Gasteiger partial charge in [-0.1, -0.05) is 17.7 Å². The number of carbonyl (C=O) groups excluding carboxylic acids is 1. The lowest BCUT2D eigenvalue weighted by Crippen LogP contribution is -2.00. The molecule has 19 heavy (non-hydrogen) atoms. The molecule has 0 bridgehead atoms. The number of methoxy groups -OCH3 is 1. The quantitative estimate of drug-likeness (QED) is 0.499. The molecule has 94 valence electrons. The standard InChI is InChI=1S/C15H10ClNO2/c1-19-15(18)9-2-3-11-10(6-9)7-14(16)12-4-5-17-8-13(11)12/h2-8H,1H3. The van der Waals surface area contributed by atoms with Gasteiger partial charge >= 0.3 is 5.97 Å². The van der Waals surface area contributed by atoms with E-state index in [-0.39, 0.29) is 5.97 Å². The van der Waals surface area contributed by atoms with Crippen molar-refractivity contribution in [3.63, 3.8) is 0 Å². The van der Waals surface area contributed by atoms with Crippen LogP contribution in [-0.2, 0) is 4.74 Å². The van der Waals surface area contributed by atoms with Gasteiger partial charge in [0.25, 0.3) is 0 Å². The fourth-order valence-corrected chi connectivity index (χ4v) is 2.49. The van der Waals surface area contributed by atoms with Gasteiger partial charge < -0.3 is 4.74 Å². The van der Waals surface area contributed by atoms with Gasteiger partial charge in [-0.2, -0.15) is 0 Å². The van der Waals surface area contributed by atoms with E-state index >= 15 is 0 Å². The van der Waals surface area contributed by atoms with E-state index in [1.807, 2.05) is 18.2 Å². The summed E-state index contributed by atoms with van der Waals surface area (Å²) in [7, 11) is 1.36. The number of carbonyl (C=O) groups is 1. The maximum Gasteiger partial charge on any atom is 0.337 e. The van der Waals surface area contributed by atoms with E-state index in [0.717, 1.165) is 21.5 Å². The van der Waals surface area contributed by atoms with Gasteiger partial charge in [0.05, 0.1) is 12.7 Å². The van der Waals surface area contributed by atoms with Crippen LogP contribution >= 0.6 is 11.6 Å². The van der Waals surface area contributed by atoms with Gasteiger partial charge in [-0.25, -0.2) is 4.79 Å². The van der Waals surface area contributed by atoms with E-state index in [2.05, 4.69) is 4.98 Å². The van der Waals surface area contributed by atoms with Gasteiger partial charge in [-0.3, -0.25) is 4.98 Å². The Morgan fingerprint density at radius 3 is 2.79 bits per heavy atom. The summed E-state index contributed by atoms with van der Waals surface area (Å²) >= 11 is 6.26. The van der Waals surface area contributed by atoms with Crippen LogP contribution in [0.5, 0.6) is 0 Å². The molecule has 3 aromatic rings. The van der Waals surface area contributed by atoms with Crippen LogP contribution in [0.25, 0.3) is 21.5 Å². The minimum Gasteiger partial charge on any atom is -0.465 e. The summed E-state index contributed by atoms with van der Waals surface area (Å²) in [6.07, 6.45) is 3.49. The summed E-state index contributed by atoms with van der Waals surface area (Å²) in [5, 5.41) is 4.48. The Kier molecular flexibility index (Phi) is 2.84. The number of pyridine rings is 1. The molecule has 3 nitrogen and oxygen atoms in total. The van der Waals surface area contributed by atoms with E-state index in [1.165, 1.54) is 7.11 Å². The Morgan fingerprint density at radius 1 is 1.16 bits per heavy atom. The van der Waals surface area contributed by atoms with Gasteiger partial charge in [-0.05, 0) is 35.0 Å². The Bertz CT molecular complexity index is 799. The second-order valence-corrected chi connectivity index (χ2v) is 4.61. The number of ether oxygens (including phenoxy) is 1. The van der Waals surface area contributed by atoms with Crippen molar-refractivity contribution in [1.82, 2.24) is 4.98 Å². The first-order valence-corrected chi connectivity index (χ1v) is 6.13. The highest BCUT2D eigenvalue weighted by molar-refractivity contribution is 6.37. The minimum absolute atomic E-state index is 0.357. The lowest BCUT2D eigenvalue weighted by Gasteiger charge is -2.07. The number of fused-ring (bicyclic) bond motifs is 3. The van der Waals surface area contributed by atoms with Crippen molar-refractivity contribution in [2.45, 2.75) is 0 Å². The minimum atomic E-state index is -0.357. The molecule has 0 aliphatic carbocycles. The molecular weight excluding hydrogens is 262 g/mol. The largest absolute Gasteiger partial charge is 0.465 e. The molecule has 1 aromatic heterocycles. The van der Waals surface area contributed by atoms with Gasteiger partial charge in [0.2, 0.25) is 0 Å². The maximum absolute atomic E-state index is 11.5. The smallest absolute Gasteiger partial charge is 0.337 e. The first-order chi connectivity index (χ1) is 9.20. The molecule has 0 saturated heterocycles. The Labute approximate surface area is 114 Å². The number of hydrogen-bond acceptors (Lipinski definition) is 3. The van der Waals surface area contributed by atoms with Crippen LogP contribution in [0.15, 0.2) is 42.7 Å². The first kappa shape index (κ1) is 11.9. The van der Waals surface area contributed by atoms with Crippen LogP contribution in [0, 0.1) is 0 Å². The van der Waals surface area contributed by atoms with Crippen molar-refractivity contribution >= 4 is 39.1 Å². The zero-order chi connectivity index (χ0) is 13.4. The molecule has 0 radical (unpaired) electrons. The average molecular weight is 272 g/mol. The molecule has 3 rings (SSSR count). The lowest BCUT2D eigenvalue weighted by atomic mass is 10.0. The summed E-state index contributed by atoms with van der Waals surface area (Å²) in [6.45, 7) is 0. The number of hydrogen-bond donors (Lipinski definition) is 0. The molecular formula is C15H10ClNO2. The predicted molar refractivity (Wildman–Crippen MR) is 75.6 cm³/mol. The molecule has 4 heteroatoms. The van der Waals surface area contributed by atoms with Gasteiger partial charge in [0.1, 0.15) is 0 Å².